The molecule has 9 nitrogen and oxygen atoms in total. The summed E-state index contributed by atoms with van der Waals surface area (Å²) in [4.78, 5) is 21.9. The van der Waals surface area contributed by atoms with Crippen LogP contribution in [0.5, 0.6) is 5.88 Å². The number of rotatable bonds is 10. The van der Waals surface area contributed by atoms with E-state index in [1.54, 1.807) is 18.4 Å². The molecule has 1 atom stereocenters. The van der Waals surface area contributed by atoms with E-state index < -0.39 is 13.6 Å². The smallest absolute Gasteiger partial charge is 0.381 e. The number of nitrogens with one attached hydrogen (secondary N) is 1. The van der Waals surface area contributed by atoms with Gasteiger partial charge in [-0.25, -0.2) is 9.97 Å². The Hall–Kier alpha value is -2.74. The minimum absolute atomic E-state index is 0.0763. The first-order chi connectivity index (χ1) is 16.9. The minimum atomic E-state index is -3.56. The van der Waals surface area contributed by atoms with Crippen LogP contribution in [0.15, 0.2) is 42.9 Å². The van der Waals surface area contributed by atoms with Gasteiger partial charge < -0.3 is 24.0 Å². The Balaban J connectivity index is 1.58. The molecule has 10 heteroatoms. The van der Waals surface area contributed by atoms with E-state index in [0.29, 0.717) is 17.7 Å². The molecule has 1 aliphatic rings. The van der Waals surface area contributed by atoms with Crippen molar-refractivity contribution in [1.82, 2.24) is 14.5 Å². The third-order valence-electron chi connectivity index (χ3n) is 6.41. The first-order valence-electron chi connectivity index (χ1n) is 12.3. The van der Waals surface area contributed by atoms with Gasteiger partial charge in [0.1, 0.15) is 6.04 Å². The van der Waals surface area contributed by atoms with Crippen LogP contribution in [0.3, 0.4) is 0 Å². The van der Waals surface area contributed by atoms with Gasteiger partial charge in [-0.1, -0.05) is 50.3 Å². The van der Waals surface area contributed by atoms with Gasteiger partial charge in [-0.3, -0.25) is 9.36 Å². The summed E-state index contributed by atoms with van der Waals surface area (Å²) in [6, 6.07) is 6.92. The molecule has 1 aliphatic carbocycles. The third-order valence-corrected chi connectivity index (χ3v) is 8.40. The molecule has 188 valence electrons. The lowest BCUT2D eigenvalue weighted by Gasteiger charge is -2.27. The maximum atomic E-state index is 13.5. The molecule has 0 spiro atoms. The van der Waals surface area contributed by atoms with Crippen LogP contribution >= 0.6 is 7.60 Å². The van der Waals surface area contributed by atoms with E-state index in [-0.39, 0.29) is 36.3 Å². The third kappa shape index (κ3) is 5.74. The second-order valence-electron chi connectivity index (χ2n) is 8.78. The lowest BCUT2D eigenvalue weighted by atomic mass is 9.84. The number of hydrogen-bond acceptors (Lipinski definition) is 7. The number of amides is 1. The van der Waals surface area contributed by atoms with E-state index in [9.17, 15) is 14.5 Å². The fourth-order valence-corrected chi connectivity index (χ4v) is 6.15. The van der Waals surface area contributed by atoms with Crippen molar-refractivity contribution in [2.75, 3.05) is 18.5 Å². The van der Waals surface area contributed by atoms with E-state index in [4.69, 9.17) is 9.05 Å². The van der Waals surface area contributed by atoms with Gasteiger partial charge in [0.05, 0.1) is 25.6 Å². The van der Waals surface area contributed by atoms with Crippen LogP contribution in [0.4, 0.5) is 5.82 Å². The highest BCUT2D eigenvalue weighted by molar-refractivity contribution is 7.61. The van der Waals surface area contributed by atoms with Crippen molar-refractivity contribution in [2.45, 2.75) is 58.4 Å². The van der Waals surface area contributed by atoms with E-state index in [1.165, 1.54) is 18.8 Å². The summed E-state index contributed by atoms with van der Waals surface area (Å²) in [6.07, 6.45) is 10.8. The largest absolute Gasteiger partial charge is 0.494 e. The molecule has 0 bridgehead atoms. The average Bonchev–Trinajstić information content (AvgIpc) is 3.20. The van der Waals surface area contributed by atoms with Crippen molar-refractivity contribution in [3.8, 4) is 5.88 Å². The van der Waals surface area contributed by atoms with Crippen LogP contribution in [0.2, 0.25) is 0 Å². The molecule has 0 radical (unpaired) electrons. The van der Waals surface area contributed by atoms with Gasteiger partial charge >= 0.3 is 7.60 Å². The summed E-state index contributed by atoms with van der Waals surface area (Å²) < 4.78 is 25.2. The number of aromatic nitrogens is 3. The number of carbonyl (C=O) groups excluding carboxylic acids is 1. The first kappa shape index (κ1) is 25.4. The van der Waals surface area contributed by atoms with Crippen molar-refractivity contribution in [2.24, 2.45) is 5.92 Å². The predicted molar refractivity (Wildman–Crippen MR) is 135 cm³/mol. The number of fused-ring (bicyclic) bond motifs is 1. The Labute approximate surface area is 205 Å². The fraction of sp³-hybridized carbons (Fsp3) is 0.480. The van der Waals surface area contributed by atoms with Crippen molar-refractivity contribution < 1.29 is 23.5 Å². The number of benzene rings is 1. The average molecular weight is 501 g/mol. The Morgan fingerprint density at radius 1 is 1.14 bits per heavy atom. The molecular weight excluding hydrogens is 467 g/mol. The molecule has 2 N–H and O–H groups in total. The zero-order valence-corrected chi connectivity index (χ0v) is 21.1. The molecule has 2 aromatic heterocycles. The molecule has 2 heterocycles. The summed E-state index contributed by atoms with van der Waals surface area (Å²) in [5.74, 6) is 0.419. The van der Waals surface area contributed by atoms with E-state index in [2.05, 4.69) is 15.3 Å². The summed E-state index contributed by atoms with van der Waals surface area (Å²) in [5.41, 5.74) is 0.0901. The van der Waals surface area contributed by atoms with Crippen molar-refractivity contribution >= 4 is 35.5 Å². The second-order valence-corrected chi connectivity index (χ2v) is 10.8. The van der Waals surface area contributed by atoms with E-state index in [0.717, 1.165) is 31.1 Å². The highest BCUT2D eigenvalue weighted by Gasteiger charge is 2.31. The molecule has 3 aromatic rings. The van der Waals surface area contributed by atoms with Crippen LogP contribution in [0.1, 0.15) is 58.4 Å². The number of nitrogens with zero attached hydrogens (tertiary/aromatic N) is 3. The van der Waals surface area contributed by atoms with Gasteiger partial charge in [0.15, 0.2) is 17.1 Å². The Bertz CT molecular complexity index is 1180. The maximum absolute atomic E-state index is 13.5. The van der Waals surface area contributed by atoms with Crippen LogP contribution < -0.4 is 10.8 Å². The van der Waals surface area contributed by atoms with E-state index in [1.807, 2.05) is 30.5 Å². The van der Waals surface area contributed by atoms with Gasteiger partial charge in [-0.05, 0) is 32.3 Å². The monoisotopic (exact) mass is 500 g/mol. The van der Waals surface area contributed by atoms with Crippen LogP contribution in [-0.4, -0.2) is 38.8 Å². The molecule has 1 aromatic carbocycles. The molecule has 1 saturated carbocycles. The van der Waals surface area contributed by atoms with Crippen molar-refractivity contribution in [3.63, 3.8) is 0 Å². The topological polar surface area (TPSA) is 116 Å². The molecule has 1 fully saturated rings. The van der Waals surface area contributed by atoms with Gasteiger partial charge in [-0.2, -0.15) is 0 Å². The quantitative estimate of drug-likeness (QED) is 0.369. The van der Waals surface area contributed by atoms with Crippen molar-refractivity contribution in [1.29, 1.82) is 0 Å². The van der Waals surface area contributed by atoms with Gasteiger partial charge in [0.25, 0.3) is 0 Å². The van der Waals surface area contributed by atoms with Gasteiger partial charge in [-0.15, -0.1) is 0 Å². The summed E-state index contributed by atoms with van der Waals surface area (Å²) >= 11 is 0. The normalized spacial score (nSPS) is 15.8. The summed E-state index contributed by atoms with van der Waals surface area (Å²) in [5, 5.41) is 15.3. The molecule has 1 unspecified atom stereocenters. The standard InChI is InChI=1S/C25H33N4O5P/c1-3-33-35(32,34-4-2)23-16-26-22(15-27-23)28-24(30)21(14-18-10-6-5-7-11-18)29-17-19-12-8-9-13-20(19)25(29)31/h8-9,12-13,15-18,21,31H,3-7,10-11,14H2,1-2H3,(H,26,28,30). The van der Waals surface area contributed by atoms with Crippen LogP contribution in [0, 0.1) is 5.92 Å². The maximum Gasteiger partial charge on any atom is 0.381 e. The minimum Gasteiger partial charge on any atom is -0.494 e. The van der Waals surface area contributed by atoms with Crippen molar-refractivity contribution in [3.05, 3.63) is 42.9 Å². The summed E-state index contributed by atoms with van der Waals surface area (Å²) in [7, 11) is -3.56. The number of hydrogen-bond donors (Lipinski definition) is 2. The number of aromatic hydroxyl groups is 1. The highest BCUT2D eigenvalue weighted by Crippen LogP contribution is 2.46. The Morgan fingerprint density at radius 3 is 2.49 bits per heavy atom. The summed E-state index contributed by atoms with van der Waals surface area (Å²) in [6.45, 7) is 3.85. The first-order valence-corrected chi connectivity index (χ1v) is 13.8. The SMILES string of the molecule is CCOP(=O)(OCC)c1cnc(NC(=O)C(CC2CCCCC2)n2cc3ccccc3c2O)cn1. The fourth-order valence-electron chi connectivity index (χ4n) is 4.73. The zero-order valence-electron chi connectivity index (χ0n) is 20.2. The predicted octanol–water partition coefficient (Wildman–Crippen LogP) is 5.18. The number of anilines is 1. The van der Waals surface area contributed by atoms with Crippen LogP contribution in [0.25, 0.3) is 10.8 Å². The lowest BCUT2D eigenvalue weighted by molar-refractivity contribution is -0.120. The lowest BCUT2D eigenvalue weighted by Crippen LogP contribution is -2.29. The van der Waals surface area contributed by atoms with Crippen LogP contribution in [-0.2, 0) is 18.4 Å². The second kappa shape index (κ2) is 11.3. The molecule has 1 amide bonds. The zero-order chi connectivity index (χ0) is 24.8. The molecule has 35 heavy (non-hydrogen) atoms. The molecular formula is C25H33N4O5P. The Morgan fingerprint density at radius 2 is 1.86 bits per heavy atom. The molecule has 0 aliphatic heterocycles. The number of carbonyl (C=O) groups is 1. The van der Waals surface area contributed by atoms with E-state index >= 15 is 0 Å². The Kier molecular flexibility index (Phi) is 8.21. The van der Waals surface area contributed by atoms with Gasteiger partial charge in [0.2, 0.25) is 5.91 Å². The van der Waals surface area contributed by atoms with Gasteiger partial charge in [0, 0.05) is 17.0 Å². The molecule has 0 saturated heterocycles. The highest BCUT2D eigenvalue weighted by atomic mass is 31.2. The molecule has 4 rings (SSSR count).